The van der Waals surface area contributed by atoms with Crippen LogP contribution in [0.25, 0.3) is 0 Å². The average Bonchev–Trinajstić information content (AvgIpc) is 2.62. The molecule has 1 aliphatic heterocycles. The molecule has 4 heteroatoms. The average molecular weight is 304 g/mol. The zero-order valence-corrected chi connectivity index (χ0v) is 14.5. The van der Waals surface area contributed by atoms with Crippen molar-refractivity contribution in [3.05, 3.63) is 29.1 Å². The quantitative estimate of drug-likeness (QED) is 0.780. The van der Waals surface area contributed by atoms with Gasteiger partial charge in [-0.05, 0) is 65.0 Å². The SMILES string of the molecule is Cc1cnc(C2CCCN(C(=O)OC(C)(C)C)CC2)c(C)c1. The third-order valence-electron chi connectivity index (χ3n) is 4.02. The monoisotopic (exact) mass is 304 g/mol. The number of ether oxygens (including phenoxy) is 1. The van der Waals surface area contributed by atoms with Crippen molar-refractivity contribution in [2.24, 2.45) is 0 Å². The van der Waals surface area contributed by atoms with Crippen molar-refractivity contribution < 1.29 is 9.53 Å². The molecular formula is C18H28N2O2. The van der Waals surface area contributed by atoms with Crippen LogP contribution in [0.4, 0.5) is 4.79 Å². The highest BCUT2D eigenvalue weighted by molar-refractivity contribution is 5.68. The van der Waals surface area contributed by atoms with Gasteiger partial charge in [-0.25, -0.2) is 4.79 Å². The molecule has 1 unspecified atom stereocenters. The van der Waals surface area contributed by atoms with E-state index in [1.165, 1.54) is 16.8 Å². The second kappa shape index (κ2) is 6.67. The van der Waals surface area contributed by atoms with Crippen LogP contribution in [0.1, 0.15) is 62.8 Å². The van der Waals surface area contributed by atoms with Crippen LogP contribution in [0.15, 0.2) is 12.3 Å². The van der Waals surface area contributed by atoms with Crippen LogP contribution in [-0.2, 0) is 4.74 Å². The van der Waals surface area contributed by atoms with Crippen molar-refractivity contribution in [1.29, 1.82) is 0 Å². The number of amides is 1. The fourth-order valence-electron chi connectivity index (χ4n) is 3.03. The van der Waals surface area contributed by atoms with Gasteiger partial charge in [-0.2, -0.15) is 0 Å². The van der Waals surface area contributed by atoms with Gasteiger partial charge in [0.1, 0.15) is 5.60 Å². The number of pyridine rings is 1. The summed E-state index contributed by atoms with van der Waals surface area (Å²) in [5, 5.41) is 0. The summed E-state index contributed by atoms with van der Waals surface area (Å²) >= 11 is 0. The van der Waals surface area contributed by atoms with E-state index in [1.807, 2.05) is 31.9 Å². The highest BCUT2D eigenvalue weighted by Gasteiger charge is 2.26. The number of hydrogen-bond acceptors (Lipinski definition) is 3. The Kier molecular flexibility index (Phi) is 5.09. The van der Waals surface area contributed by atoms with Crippen molar-refractivity contribution in [2.75, 3.05) is 13.1 Å². The number of nitrogens with zero attached hydrogens (tertiary/aromatic N) is 2. The molecule has 0 radical (unpaired) electrons. The summed E-state index contributed by atoms with van der Waals surface area (Å²) in [5.41, 5.74) is 3.22. The van der Waals surface area contributed by atoms with Gasteiger partial charge in [0.15, 0.2) is 0 Å². The molecule has 0 aromatic carbocycles. The van der Waals surface area contributed by atoms with E-state index in [-0.39, 0.29) is 6.09 Å². The van der Waals surface area contributed by atoms with Gasteiger partial charge in [0.25, 0.3) is 0 Å². The highest BCUT2D eigenvalue weighted by Crippen LogP contribution is 2.29. The molecule has 0 bridgehead atoms. The molecule has 1 amide bonds. The summed E-state index contributed by atoms with van der Waals surface area (Å²) in [6.45, 7) is 11.4. The van der Waals surface area contributed by atoms with Gasteiger partial charge < -0.3 is 9.64 Å². The lowest BCUT2D eigenvalue weighted by atomic mass is 9.93. The van der Waals surface area contributed by atoms with E-state index in [1.54, 1.807) is 0 Å². The molecule has 0 aliphatic carbocycles. The molecule has 1 atom stereocenters. The fraction of sp³-hybridized carbons (Fsp3) is 0.667. The number of carbonyl (C=O) groups is 1. The standard InChI is InChI=1S/C18H28N2O2/c1-13-11-14(2)16(19-12-13)15-7-6-9-20(10-8-15)17(21)22-18(3,4)5/h11-12,15H,6-10H2,1-5H3. The Labute approximate surface area is 133 Å². The van der Waals surface area contributed by atoms with E-state index in [2.05, 4.69) is 24.9 Å². The van der Waals surface area contributed by atoms with Crippen LogP contribution < -0.4 is 0 Å². The van der Waals surface area contributed by atoms with Crippen molar-refractivity contribution in [3.8, 4) is 0 Å². The lowest BCUT2D eigenvalue weighted by Gasteiger charge is -2.26. The first-order chi connectivity index (χ1) is 10.3. The topological polar surface area (TPSA) is 42.4 Å². The van der Waals surface area contributed by atoms with Crippen LogP contribution in [0.3, 0.4) is 0 Å². The third-order valence-corrected chi connectivity index (χ3v) is 4.02. The van der Waals surface area contributed by atoms with Gasteiger partial charge in [0.2, 0.25) is 0 Å². The minimum atomic E-state index is -0.433. The summed E-state index contributed by atoms with van der Waals surface area (Å²) in [7, 11) is 0. The summed E-state index contributed by atoms with van der Waals surface area (Å²) < 4.78 is 5.48. The second-order valence-corrected chi connectivity index (χ2v) is 7.31. The zero-order valence-electron chi connectivity index (χ0n) is 14.5. The van der Waals surface area contributed by atoms with Crippen LogP contribution in [0.2, 0.25) is 0 Å². The molecule has 0 spiro atoms. The Hall–Kier alpha value is -1.58. The Morgan fingerprint density at radius 3 is 2.64 bits per heavy atom. The van der Waals surface area contributed by atoms with Crippen LogP contribution in [0, 0.1) is 13.8 Å². The maximum atomic E-state index is 12.2. The van der Waals surface area contributed by atoms with E-state index in [4.69, 9.17) is 4.74 Å². The predicted octanol–water partition coefficient (Wildman–Crippen LogP) is 4.20. The van der Waals surface area contributed by atoms with E-state index >= 15 is 0 Å². The molecule has 0 saturated carbocycles. The summed E-state index contributed by atoms with van der Waals surface area (Å²) in [5.74, 6) is 0.438. The summed E-state index contributed by atoms with van der Waals surface area (Å²) in [6.07, 6.45) is 4.78. The van der Waals surface area contributed by atoms with Gasteiger partial charge >= 0.3 is 6.09 Å². The first-order valence-electron chi connectivity index (χ1n) is 8.17. The van der Waals surface area contributed by atoms with Gasteiger partial charge in [-0.1, -0.05) is 6.07 Å². The fourth-order valence-corrected chi connectivity index (χ4v) is 3.03. The summed E-state index contributed by atoms with van der Waals surface area (Å²) in [6, 6.07) is 2.19. The first-order valence-corrected chi connectivity index (χ1v) is 8.17. The Morgan fingerprint density at radius 2 is 2.00 bits per heavy atom. The van der Waals surface area contributed by atoms with Crippen LogP contribution in [0.5, 0.6) is 0 Å². The van der Waals surface area contributed by atoms with Gasteiger partial charge in [-0.15, -0.1) is 0 Å². The van der Waals surface area contributed by atoms with E-state index < -0.39 is 5.60 Å². The molecule has 4 nitrogen and oxygen atoms in total. The normalized spacial score (nSPS) is 19.7. The first kappa shape index (κ1) is 16.8. The molecule has 22 heavy (non-hydrogen) atoms. The lowest BCUT2D eigenvalue weighted by Crippen LogP contribution is -2.37. The minimum Gasteiger partial charge on any atom is -0.444 e. The molecule has 0 N–H and O–H groups in total. The third kappa shape index (κ3) is 4.46. The highest BCUT2D eigenvalue weighted by atomic mass is 16.6. The van der Waals surface area contributed by atoms with E-state index in [0.29, 0.717) is 5.92 Å². The molecule has 1 saturated heterocycles. The van der Waals surface area contributed by atoms with Crippen molar-refractivity contribution >= 4 is 6.09 Å². The number of carbonyl (C=O) groups excluding carboxylic acids is 1. The smallest absolute Gasteiger partial charge is 0.410 e. The van der Waals surface area contributed by atoms with E-state index in [0.717, 1.165) is 32.4 Å². The molecule has 2 heterocycles. The molecule has 1 aliphatic rings. The van der Waals surface area contributed by atoms with Gasteiger partial charge in [-0.3, -0.25) is 4.98 Å². The molecule has 1 fully saturated rings. The molecule has 1 aromatic rings. The van der Waals surface area contributed by atoms with Crippen LogP contribution >= 0.6 is 0 Å². The zero-order chi connectivity index (χ0) is 16.3. The maximum absolute atomic E-state index is 12.2. The Balaban J connectivity index is 2.02. The van der Waals surface area contributed by atoms with Crippen molar-refractivity contribution in [1.82, 2.24) is 9.88 Å². The van der Waals surface area contributed by atoms with Crippen LogP contribution in [-0.4, -0.2) is 34.7 Å². The second-order valence-electron chi connectivity index (χ2n) is 7.31. The van der Waals surface area contributed by atoms with Gasteiger partial charge in [0.05, 0.1) is 0 Å². The maximum Gasteiger partial charge on any atom is 0.410 e. The number of hydrogen-bond donors (Lipinski definition) is 0. The summed E-state index contributed by atoms with van der Waals surface area (Å²) in [4.78, 5) is 18.7. The van der Waals surface area contributed by atoms with E-state index in [9.17, 15) is 4.79 Å². The molecule has 2 rings (SSSR count). The number of aryl methyl sites for hydroxylation is 2. The number of likely N-dealkylation sites (tertiary alicyclic amines) is 1. The Morgan fingerprint density at radius 1 is 1.27 bits per heavy atom. The van der Waals surface area contributed by atoms with Crippen molar-refractivity contribution in [3.63, 3.8) is 0 Å². The molecule has 1 aromatic heterocycles. The number of rotatable bonds is 1. The number of aromatic nitrogens is 1. The molecule has 122 valence electrons. The van der Waals surface area contributed by atoms with Gasteiger partial charge in [0, 0.05) is 30.9 Å². The predicted molar refractivity (Wildman–Crippen MR) is 88.1 cm³/mol. The largest absolute Gasteiger partial charge is 0.444 e. The lowest BCUT2D eigenvalue weighted by molar-refractivity contribution is 0.0256. The Bertz CT molecular complexity index is 534. The van der Waals surface area contributed by atoms with Crippen molar-refractivity contribution in [2.45, 2.75) is 65.4 Å². The molecular weight excluding hydrogens is 276 g/mol. The minimum absolute atomic E-state index is 0.193.